The summed E-state index contributed by atoms with van der Waals surface area (Å²) in [6, 6.07) is -1.40. The SMILES string of the molecule is COC(=O)CCCCCCCCOC1OC(CO)C(OC2OC(CO)C(O)C(OC3(C(=O)[O-])CC(O)C(C)C([C@H](O)[C@H](O)CO)O3)C2O)C(OC2OC(C)C(O)C(O)C2O)C1NC(C)=O. The third kappa shape index (κ3) is 13.7. The summed E-state index contributed by atoms with van der Waals surface area (Å²) in [7, 11) is 1.32. The Hall–Kier alpha value is -2.35. The smallest absolute Gasteiger partial charge is 0.305 e. The zero-order chi connectivity index (χ0) is 48.3. The molecule has 21 atom stereocenters. The van der Waals surface area contributed by atoms with Crippen LogP contribution in [0.2, 0.25) is 0 Å². The fraction of sp³-hybridized carbons (Fsp3) is 0.925. The summed E-state index contributed by atoms with van der Waals surface area (Å²) in [6.45, 7) is 1.02. The van der Waals surface area contributed by atoms with Crippen LogP contribution in [-0.2, 0) is 57.0 Å². The molecule has 0 radical (unpaired) electrons. The fourth-order valence-corrected chi connectivity index (χ4v) is 8.27. The van der Waals surface area contributed by atoms with Crippen LogP contribution in [0.5, 0.6) is 0 Å². The number of nitrogens with one attached hydrogen (secondary N) is 1. The molecule has 1 amide bonds. The molecule has 4 saturated heterocycles. The minimum absolute atomic E-state index is 0.0515. The number of aliphatic hydroxyl groups excluding tert-OH is 11. The summed E-state index contributed by atoms with van der Waals surface area (Å²) in [5, 5.41) is 133. The second-order valence-electron chi connectivity index (χ2n) is 16.9. The Kier molecular flexibility index (Phi) is 21.5. The first-order valence-corrected chi connectivity index (χ1v) is 21.8. The van der Waals surface area contributed by atoms with Gasteiger partial charge in [0.1, 0.15) is 85.3 Å². The van der Waals surface area contributed by atoms with Crippen LogP contribution in [-0.4, -0.2) is 230 Å². The summed E-state index contributed by atoms with van der Waals surface area (Å²) in [4.78, 5) is 36.9. The molecule has 0 saturated carbocycles. The second kappa shape index (κ2) is 25.3. The molecule has 65 heavy (non-hydrogen) atoms. The van der Waals surface area contributed by atoms with Gasteiger partial charge in [0.2, 0.25) is 11.7 Å². The highest BCUT2D eigenvalue weighted by Gasteiger charge is 2.58. The number of aliphatic carboxylic acids is 1. The van der Waals surface area contributed by atoms with Crippen molar-refractivity contribution in [3.05, 3.63) is 0 Å². The second-order valence-corrected chi connectivity index (χ2v) is 16.9. The van der Waals surface area contributed by atoms with Crippen molar-refractivity contribution in [3.63, 3.8) is 0 Å². The van der Waals surface area contributed by atoms with Crippen LogP contribution >= 0.6 is 0 Å². The number of methoxy groups -OCH3 is 1. The first-order chi connectivity index (χ1) is 30.7. The zero-order valence-corrected chi connectivity index (χ0v) is 36.8. The maximum atomic E-state index is 12.8. The molecule has 0 aromatic heterocycles. The quantitative estimate of drug-likeness (QED) is 0.0335. The molecule has 25 heteroatoms. The first-order valence-electron chi connectivity index (χ1n) is 21.8. The van der Waals surface area contributed by atoms with E-state index in [1.54, 1.807) is 0 Å². The number of ether oxygens (including phenoxy) is 9. The number of carboxylic acid groups (broad SMARTS) is 1. The van der Waals surface area contributed by atoms with Crippen molar-refractivity contribution < 1.29 is 118 Å². The molecule has 12 N–H and O–H groups in total. The standard InChI is InChI=1S/C40H69NO24/c1-17-20(46)13-40(39(55)56,64-32(17)27(50)21(47)14-42)65-35-28(51)22(15-43)60-38(31(35)54)62-33-23(16-44)61-36(58-12-10-8-6-5-7-9-11-24(48)57-4)25(41-19(3)45)34(33)63-37-30(53)29(52)26(49)18(2)59-37/h17-18,20-23,25-38,42-44,46-47,49-54H,5-16H2,1-4H3,(H,41,45)(H,55,56)/p-1/t17?,18?,20?,21-,22?,23?,25?,26?,27-,28?,29?,30?,31?,32?,33?,34?,35?,36?,37?,38?,40?/m1/s1. The minimum atomic E-state index is -3.07. The lowest BCUT2D eigenvalue weighted by molar-refractivity contribution is -0.414. The van der Waals surface area contributed by atoms with Gasteiger partial charge < -0.3 is 114 Å². The molecule has 4 aliphatic heterocycles. The van der Waals surface area contributed by atoms with Gasteiger partial charge in [-0.25, -0.2) is 0 Å². The van der Waals surface area contributed by atoms with E-state index in [0.717, 1.165) is 26.2 Å². The molecule has 378 valence electrons. The molecule has 4 fully saturated rings. The summed E-state index contributed by atoms with van der Waals surface area (Å²) in [5.74, 6) is -7.27. The number of hydrogen-bond acceptors (Lipinski definition) is 24. The van der Waals surface area contributed by atoms with Crippen molar-refractivity contribution in [2.24, 2.45) is 5.92 Å². The number of carbonyl (C=O) groups is 3. The van der Waals surface area contributed by atoms with Crippen LogP contribution in [0, 0.1) is 5.92 Å². The van der Waals surface area contributed by atoms with Gasteiger partial charge in [-0.3, -0.25) is 9.59 Å². The average molecular weight is 947 g/mol. The summed E-state index contributed by atoms with van der Waals surface area (Å²) < 4.78 is 52.0. The summed E-state index contributed by atoms with van der Waals surface area (Å²) in [5.41, 5.74) is 0. The number of hydrogen-bond donors (Lipinski definition) is 12. The number of rotatable bonds is 23. The van der Waals surface area contributed by atoms with Gasteiger partial charge in [0.25, 0.3) is 0 Å². The summed E-state index contributed by atoms with van der Waals surface area (Å²) in [6.07, 6.45) is -28.3. The van der Waals surface area contributed by atoms with Crippen LogP contribution < -0.4 is 10.4 Å². The normalized spacial score (nSPS) is 41.0. The van der Waals surface area contributed by atoms with Crippen molar-refractivity contribution in [1.82, 2.24) is 5.32 Å². The zero-order valence-electron chi connectivity index (χ0n) is 36.8. The predicted octanol–water partition coefficient (Wildman–Crippen LogP) is -6.50. The molecule has 4 aliphatic rings. The Bertz CT molecular complexity index is 1480. The van der Waals surface area contributed by atoms with E-state index in [4.69, 9.17) is 37.9 Å². The molecule has 0 aromatic rings. The van der Waals surface area contributed by atoms with Gasteiger partial charge in [0, 0.05) is 32.3 Å². The molecule has 0 aromatic carbocycles. The molecule has 0 aliphatic carbocycles. The van der Waals surface area contributed by atoms with Gasteiger partial charge in [0.05, 0.1) is 45.2 Å². The number of aliphatic hydroxyl groups is 11. The van der Waals surface area contributed by atoms with Gasteiger partial charge in [0.15, 0.2) is 18.9 Å². The number of esters is 1. The van der Waals surface area contributed by atoms with E-state index in [2.05, 4.69) is 10.1 Å². The maximum absolute atomic E-state index is 12.8. The highest BCUT2D eigenvalue weighted by molar-refractivity contribution is 5.74. The van der Waals surface area contributed by atoms with Crippen LogP contribution in [0.15, 0.2) is 0 Å². The molecular weight excluding hydrogens is 878 g/mol. The minimum Gasteiger partial charge on any atom is -0.544 e. The Morgan fingerprint density at radius 3 is 1.95 bits per heavy atom. The van der Waals surface area contributed by atoms with Crippen molar-refractivity contribution in [3.8, 4) is 0 Å². The van der Waals surface area contributed by atoms with Gasteiger partial charge >= 0.3 is 5.97 Å². The van der Waals surface area contributed by atoms with E-state index in [-0.39, 0.29) is 12.6 Å². The van der Waals surface area contributed by atoms with E-state index in [9.17, 15) is 75.7 Å². The molecule has 19 unspecified atom stereocenters. The molecule has 25 nitrogen and oxygen atoms in total. The lowest BCUT2D eigenvalue weighted by atomic mass is 9.84. The monoisotopic (exact) mass is 946 g/mol. The van der Waals surface area contributed by atoms with E-state index in [1.165, 1.54) is 21.0 Å². The van der Waals surface area contributed by atoms with Crippen molar-refractivity contribution >= 4 is 17.8 Å². The molecule has 4 heterocycles. The molecule has 0 spiro atoms. The van der Waals surface area contributed by atoms with E-state index in [1.807, 2.05) is 0 Å². The third-order valence-electron chi connectivity index (χ3n) is 12.2. The first kappa shape index (κ1) is 55.2. The molecule has 0 bridgehead atoms. The van der Waals surface area contributed by atoms with Gasteiger partial charge in [-0.2, -0.15) is 0 Å². The molecule has 4 rings (SSSR count). The maximum Gasteiger partial charge on any atom is 0.305 e. The third-order valence-corrected chi connectivity index (χ3v) is 12.2. The number of unbranched alkanes of at least 4 members (excludes halogenated alkanes) is 5. The van der Waals surface area contributed by atoms with Crippen molar-refractivity contribution in [2.45, 2.75) is 194 Å². The highest BCUT2D eigenvalue weighted by atomic mass is 16.8. The van der Waals surface area contributed by atoms with Crippen molar-refractivity contribution in [1.29, 1.82) is 0 Å². The number of amides is 1. The largest absolute Gasteiger partial charge is 0.544 e. The van der Waals surface area contributed by atoms with Gasteiger partial charge in [-0.1, -0.05) is 32.6 Å². The average Bonchev–Trinajstić information content (AvgIpc) is 3.27. The van der Waals surface area contributed by atoms with E-state index >= 15 is 0 Å². The van der Waals surface area contributed by atoms with E-state index < -0.39 is 166 Å². The lowest BCUT2D eigenvalue weighted by Gasteiger charge is -2.52. The Balaban J connectivity index is 1.64. The Morgan fingerprint density at radius 2 is 1.35 bits per heavy atom. The van der Waals surface area contributed by atoms with E-state index in [0.29, 0.717) is 25.7 Å². The van der Waals surface area contributed by atoms with Gasteiger partial charge in [-0.15, -0.1) is 0 Å². The Morgan fingerprint density at radius 1 is 0.754 bits per heavy atom. The fourth-order valence-electron chi connectivity index (χ4n) is 8.27. The van der Waals surface area contributed by atoms with Gasteiger partial charge in [-0.05, 0) is 19.8 Å². The lowest BCUT2D eigenvalue weighted by Crippen LogP contribution is -2.71. The number of carbonyl (C=O) groups excluding carboxylic acids is 3. The highest BCUT2D eigenvalue weighted by Crippen LogP contribution is 2.40. The summed E-state index contributed by atoms with van der Waals surface area (Å²) >= 11 is 0. The van der Waals surface area contributed by atoms with Crippen LogP contribution in [0.1, 0.15) is 72.1 Å². The van der Waals surface area contributed by atoms with Crippen LogP contribution in [0.3, 0.4) is 0 Å². The number of carboxylic acids is 1. The van der Waals surface area contributed by atoms with Crippen LogP contribution in [0.4, 0.5) is 0 Å². The Labute approximate surface area is 375 Å². The topological polar surface area (TPSA) is 392 Å². The predicted molar refractivity (Wildman–Crippen MR) is 210 cm³/mol. The molecular formula is C40H68NO24-. The van der Waals surface area contributed by atoms with Crippen LogP contribution in [0.25, 0.3) is 0 Å². The van der Waals surface area contributed by atoms with Crippen molar-refractivity contribution in [2.75, 3.05) is 33.5 Å².